The Morgan fingerprint density at radius 3 is 2.56 bits per heavy atom. The summed E-state index contributed by atoms with van der Waals surface area (Å²) in [5.41, 5.74) is 0.924. The van der Waals surface area contributed by atoms with Crippen LogP contribution in [0.1, 0.15) is 5.69 Å². The van der Waals surface area contributed by atoms with E-state index in [4.69, 9.17) is 0 Å². The van der Waals surface area contributed by atoms with Crippen LogP contribution in [0.15, 0.2) is 31.0 Å². The first kappa shape index (κ1) is 7.95. The van der Waals surface area contributed by atoms with E-state index in [2.05, 4.69) is 11.6 Å². The van der Waals surface area contributed by atoms with E-state index in [1.807, 2.05) is 18.2 Å². The molecule has 0 aliphatic rings. The third-order valence-corrected chi connectivity index (χ3v) is 0.897. The van der Waals surface area contributed by atoms with Gasteiger partial charge in [0, 0.05) is 14.6 Å². The maximum atomic E-state index is 3.98. The first-order chi connectivity index (χ1) is 3.93. The van der Waals surface area contributed by atoms with Crippen molar-refractivity contribution in [2.24, 2.45) is 0 Å². The number of aromatic nitrogens is 1. The lowest BCUT2D eigenvalue weighted by Crippen LogP contribution is -1.73. The van der Waals surface area contributed by atoms with Gasteiger partial charge in [-0.25, -0.2) is 0 Å². The fourth-order valence-corrected chi connectivity index (χ4v) is 0.497. The Balaban J connectivity index is 0.000000640. The lowest BCUT2D eigenvalue weighted by Gasteiger charge is -1.84. The summed E-state index contributed by atoms with van der Waals surface area (Å²) in [6.07, 6.45) is 3.47. The summed E-state index contributed by atoms with van der Waals surface area (Å²) >= 11 is 0. The number of hydrogen-bond acceptors (Lipinski definition) is 1. The molecule has 9 heavy (non-hydrogen) atoms. The third-order valence-electron chi connectivity index (χ3n) is 0.897. The lowest BCUT2D eigenvalue weighted by molar-refractivity contribution is 1.30. The molecular weight excluding hydrogens is 109 g/mol. The van der Waals surface area contributed by atoms with Gasteiger partial charge in [-0.1, -0.05) is 12.6 Å². The van der Waals surface area contributed by atoms with Gasteiger partial charge >= 0.3 is 0 Å². The molecular formula is C7H7BN. The highest BCUT2D eigenvalue weighted by molar-refractivity contribution is 5.75. The monoisotopic (exact) mass is 116 g/mol. The number of nitrogens with zero attached hydrogens (tertiary/aromatic N) is 1. The van der Waals surface area contributed by atoms with E-state index >= 15 is 0 Å². The summed E-state index contributed by atoms with van der Waals surface area (Å²) in [5, 5.41) is 0. The van der Waals surface area contributed by atoms with Gasteiger partial charge < -0.3 is 0 Å². The van der Waals surface area contributed by atoms with Crippen LogP contribution in [0.5, 0.6) is 0 Å². The molecule has 2 heteroatoms. The van der Waals surface area contributed by atoms with Gasteiger partial charge in [-0.15, -0.1) is 0 Å². The molecule has 0 saturated carbocycles. The average molecular weight is 116 g/mol. The van der Waals surface area contributed by atoms with E-state index in [0.29, 0.717) is 0 Å². The van der Waals surface area contributed by atoms with E-state index in [1.54, 1.807) is 12.3 Å². The molecule has 0 fully saturated rings. The predicted octanol–water partition coefficient (Wildman–Crippen LogP) is 1.34. The van der Waals surface area contributed by atoms with Gasteiger partial charge in [0.1, 0.15) is 0 Å². The lowest BCUT2D eigenvalue weighted by atomic mass is 10.4. The second-order valence-corrected chi connectivity index (χ2v) is 1.46. The topological polar surface area (TPSA) is 12.9 Å². The molecule has 0 atom stereocenters. The molecule has 0 aliphatic heterocycles. The van der Waals surface area contributed by atoms with Gasteiger partial charge in [-0.05, 0) is 18.2 Å². The van der Waals surface area contributed by atoms with Gasteiger partial charge in [0.25, 0.3) is 0 Å². The van der Waals surface area contributed by atoms with Crippen LogP contribution in [0, 0.1) is 0 Å². The molecule has 0 amide bonds. The maximum absolute atomic E-state index is 3.98. The van der Waals surface area contributed by atoms with Gasteiger partial charge in [0.2, 0.25) is 0 Å². The Labute approximate surface area is 57.0 Å². The van der Waals surface area contributed by atoms with E-state index in [0.717, 1.165) is 5.69 Å². The molecule has 0 saturated heterocycles. The molecule has 1 aromatic heterocycles. The minimum atomic E-state index is 0. The van der Waals surface area contributed by atoms with Crippen LogP contribution < -0.4 is 0 Å². The highest BCUT2D eigenvalue weighted by Gasteiger charge is 1.77. The summed E-state index contributed by atoms with van der Waals surface area (Å²) in [6.45, 7) is 3.57. The number of pyridine rings is 1. The zero-order valence-electron chi connectivity index (χ0n) is 5.12. The van der Waals surface area contributed by atoms with Crippen molar-refractivity contribution in [1.29, 1.82) is 0 Å². The molecule has 0 bridgehead atoms. The number of rotatable bonds is 1. The molecule has 0 unspecified atom stereocenters. The molecule has 43 valence electrons. The molecule has 0 N–H and O–H groups in total. The fraction of sp³-hybridized carbons (Fsp3) is 0. The highest BCUT2D eigenvalue weighted by atomic mass is 14.6. The second-order valence-electron chi connectivity index (χ2n) is 1.46. The molecule has 1 rings (SSSR count). The normalized spacial score (nSPS) is 7.56. The van der Waals surface area contributed by atoms with E-state index in [-0.39, 0.29) is 8.41 Å². The minimum Gasteiger partial charge on any atom is -0.257 e. The van der Waals surface area contributed by atoms with Crippen LogP contribution >= 0.6 is 0 Å². The molecule has 0 aromatic carbocycles. The van der Waals surface area contributed by atoms with Crippen LogP contribution in [0.4, 0.5) is 0 Å². The first-order valence-corrected chi connectivity index (χ1v) is 2.47. The Morgan fingerprint density at radius 2 is 2.22 bits per heavy atom. The molecule has 3 radical (unpaired) electrons. The van der Waals surface area contributed by atoms with Gasteiger partial charge in [0.15, 0.2) is 0 Å². The molecule has 1 nitrogen and oxygen atoms in total. The van der Waals surface area contributed by atoms with Crippen molar-refractivity contribution in [2.75, 3.05) is 0 Å². The van der Waals surface area contributed by atoms with Crippen LogP contribution in [0.3, 0.4) is 0 Å². The van der Waals surface area contributed by atoms with Crippen molar-refractivity contribution >= 4 is 14.5 Å². The van der Waals surface area contributed by atoms with Crippen molar-refractivity contribution in [2.45, 2.75) is 0 Å². The SMILES string of the molecule is C=Cc1ccccn1.[B]. The van der Waals surface area contributed by atoms with Crippen molar-refractivity contribution in [1.82, 2.24) is 4.98 Å². The summed E-state index contributed by atoms with van der Waals surface area (Å²) in [7, 11) is 0. The van der Waals surface area contributed by atoms with Crippen LogP contribution in [-0.2, 0) is 0 Å². The Morgan fingerprint density at radius 1 is 1.44 bits per heavy atom. The predicted molar refractivity (Wildman–Crippen MR) is 40.1 cm³/mol. The summed E-state index contributed by atoms with van der Waals surface area (Å²) in [6, 6.07) is 5.73. The summed E-state index contributed by atoms with van der Waals surface area (Å²) in [4.78, 5) is 3.98. The fourth-order valence-electron chi connectivity index (χ4n) is 0.497. The molecule has 0 spiro atoms. The quantitative estimate of drug-likeness (QED) is 0.504. The van der Waals surface area contributed by atoms with E-state index in [9.17, 15) is 0 Å². The second kappa shape index (κ2) is 3.90. The van der Waals surface area contributed by atoms with Gasteiger partial charge in [-0.3, -0.25) is 4.98 Å². The van der Waals surface area contributed by atoms with Gasteiger partial charge in [-0.2, -0.15) is 0 Å². The zero-order valence-corrected chi connectivity index (χ0v) is 5.12. The highest BCUT2D eigenvalue weighted by Crippen LogP contribution is 1.91. The van der Waals surface area contributed by atoms with Crippen LogP contribution in [-0.4, -0.2) is 13.4 Å². The van der Waals surface area contributed by atoms with E-state index in [1.165, 1.54) is 0 Å². The van der Waals surface area contributed by atoms with E-state index < -0.39 is 0 Å². The van der Waals surface area contributed by atoms with Crippen molar-refractivity contribution in [3.05, 3.63) is 36.7 Å². The Kier molecular flexibility index (Phi) is 3.44. The van der Waals surface area contributed by atoms with Crippen molar-refractivity contribution in [3.8, 4) is 0 Å². The van der Waals surface area contributed by atoms with Crippen LogP contribution in [0.2, 0.25) is 0 Å². The third kappa shape index (κ3) is 2.13. The Hall–Kier alpha value is -1.05. The minimum absolute atomic E-state index is 0. The molecule has 1 heterocycles. The largest absolute Gasteiger partial charge is 0.257 e. The van der Waals surface area contributed by atoms with Crippen molar-refractivity contribution in [3.63, 3.8) is 0 Å². The average Bonchev–Trinajstić information content (AvgIpc) is 1.90. The standard InChI is InChI=1S/C7H7N.B/c1-2-7-5-3-4-6-8-7;/h2-6H,1H2;. The number of hydrogen-bond donors (Lipinski definition) is 0. The first-order valence-electron chi connectivity index (χ1n) is 2.47. The zero-order chi connectivity index (χ0) is 5.82. The summed E-state index contributed by atoms with van der Waals surface area (Å²) < 4.78 is 0. The molecule has 1 aromatic rings. The summed E-state index contributed by atoms with van der Waals surface area (Å²) in [5.74, 6) is 0. The smallest absolute Gasteiger partial charge is 0.0623 e. The van der Waals surface area contributed by atoms with Gasteiger partial charge in [0.05, 0.1) is 5.69 Å². The Bertz CT molecular complexity index is 172. The molecule has 0 aliphatic carbocycles. The maximum Gasteiger partial charge on any atom is 0.0623 e. The van der Waals surface area contributed by atoms with Crippen molar-refractivity contribution < 1.29 is 0 Å². The van der Waals surface area contributed by atoms with Crippen LogP contribution in [0.25, 0.3) is 6.08 Å².